The Hall–Kier alpha value is -4.58. The first-order chi connectivity index (χ1) is 16.5. The Morgan fingerprint density at radius 3 is 1.41 bits per heavy atom. The zero-order chi connectivity index (χ0) is 23.9. The van der Waals surface area contributed by atoms with Gasteiger partial charge in [0, 0.05) is 12.2 Å². The smallest absolute Gasteiger partial charge is 0.336 e. The summed E-state index contributed by atoms with van der Waals surface area (Å²) in [6.07, 6.45) is 5.47. The summed E-state index contributed by atoms with van der Waals surface area (Å²) in [6, 6.07) is 21.5. The van der Waals surface area contributed by atoms with E-state index in [-0.39, 0.29) is 23.1 Å². The van der Waals surface area contributed by atoms with Crippen molar-refractivity contribution in [3.8, 4) is 11.5 Å². The largest absolute Gasteiger partial charge is 0.423 e. The Labute approximate surface area is 194 Å². The van der Waals surface area contributed by atoms with E-state index < -0.39 is 11.9 Å². The molecule has 6 heteroatoms. The number of hydrogen-bond acceptors (Lipinski definition) is 4. The molecule has 4 aromatic carbocycles. The van der Waals surface area contributed by atoms with Crippen LogP contribution in [0, 0.1) is 11.6 Å². The number of fused-ring (bicyclic) bond motifs is 1. The second-order valence-corrected chi connectivity index (χ2v) is 7.22. The van der Waals surface area contributed by atoms with Gasteiger partial charge in [-0.1, -0.05) is 48.5 Å². The highest BCUT2D eigenvalue weighted by molar-refractivity contribution is 5.99. The topological polar surface area (TPSA) is 52.6 Å². The molecule has 4 rings (SSSR count). The van der Waals surface area contributed by atoms with Gasteiger partial charge in [-0.25, -0.2) is 18.4 Å². The quantitative estimate of drug-likeness (QED) is 0.193. The maximum atomic E-state index is 13.0. The third-order valence-corrected chi connectivity index (χ3v) is 4.81. The SMILES string of the molecule is O=C(C=Cc1ccc(F)cc1)Oc1cccc2cccc(OC(=O)/C=C/c3ccc(F)cc3)c12. The van der Waals surface area contributed by atoms with E-state index in [1.165, 1.54) is 72.8 Å². The highest BCUT2D eigenvalue weighted by atomic mass is 19.1. The van der Waals surface area contributed by atoms with Gasteiger partial charge in [0.15, 0.2) is 0 Å². The summed E-state index contributed by atoms with van der Waals surface area (Å²) in [4.78, 5) is 24.8. The van der Waals surface area contributed by atoms with Crippen LogP contribution in [-0.4, -0.2) is 11.9 Å². The molecule has 4 nitrogen and oxygen atoms in total. The summed E-state index contributed by atoms with van der Waals surface area (Å²) in [5.74, 6) is -1.59. The predicted octanol–water partition coefficient (Wildman–Crippen LogP) is 6.36. The minimum atomic E-state index is -0.644. The number of hydrogen-bond donors (Lipinski definition) is 0. The summed E-state index contributed by atoms with van der Waals surface area (Å²) in [6.45, 7) is 0. The van der Waals surface area contributed by atoms with Gasteiger partial charge < -0.3 is 9.47 Å². The average molecular weight is 456 g/mol. The van der Waals surface area contributed by atoms with Crippen LogP contribution in [-0.2, 0) is 9.59 Å². The van der Waals surface area contributed by atoms with Crippen molar-refractivity contribution in [3.05, 3.63) is 120 Å². The van der Waals surface area contributed by atoms with E-state index in [4.69, 9.17) is 9.47 Å². The maximum Gasteiger partial charge on any atom is 0.336 e. The minimum absolute atomic E-state index is 0.220. The molecule has 0 fully saturated rings. The van der Waals surface area contributed by atoms with E-state index >= 15 is 0 Å². The normalized spacial score (nSPS) is 11.2. The molecule has 0 saturated heterocycles. The summed E-state index contributed by atoms with van der Waals surface area (Å²) >= 11 is 0. The molecule has 34 heavy (non-hydrogen) atoms. The Bertz CT molecular complexity index is 1280. The van der Waals surface area contributed by atoms with Gasteiger partial charge in [0.05, 0.1) is 5.39 Å². The molecule has 0 aliphatic rings. The first kappa shape index (κ1) is 22.6. The molecule has 0 saturated carbocycles. The van der Waals surface area contributed by atoms with Gasteiger partial charge in [-0.3, -0.25) is 0 Å². The first-order valence-corrected chi connectivity index (χ1v) is 10.3. The lowest BCUT2D eigenvalue weighted by Crippen LogP contribution is -2.07. The van der Waals surface area contributed by atoms with Gasteiger partial charge in [0.2, 0.25) is 0 Å². The number of benzene rings is 4. The molecule has 168 valence electrons. The van der Waals surface area contributed by atoms with Crippen LogP contribution >= 0.6 is 0 Å². The molecule has 0 unspecified atom stereocenters. The molecule has 0 aliphatic carbocycles. The second kappa shape index (κ2) is 10.4. The standard InChI is InChI=1S/C28H18F2O4/c29-22-13-7-19(8-14-22)11-17-26(31)33-24-5-1-3-21-4-2-6-25(28(21)24)34-27(32)18-12-20-9-15-23(30)16-10-20/h1-18H/b17-11+,18-12?. The second-order valence-electron chi connectivity index (χ2n) is 7.22. The first-order valence-electron chi connectivity index (χ1n) is 10.3. The van der Waals surface area contributed by atoms with Crippen LogP contribution in [0.4, 0.5) is 8.78 Å². The number of carbonyl (C=O) groups excluding carboxylic acids is 2. The Balaban J connectivity index is 1.53. The molecule has 0 amide bonds. The van der Waals surface area contributed by atoms with Crippen molar-refractivity contribution in [3.63, 3.8) is 0 Å². The number of esters is 2. The zero-order valence-electron chi connectivity index (χ0n) is 17.8. The van der Waals surface area contributed by atoms with Gasteiger partial charge in [-0.2, -0.15) is 0 Å². The van der Waals surface area contributed by atoms with Crippen molar-refractivity contribution >= 4 is 34.9 Å². The van der Waals surface area contributed by atoms with Crippen LogP contribution in [0.2, 0.25) is 0 Å². The fourth-order valence-corrected chi connectivity index (χ4v) is 3.20. The van der Waals surface area contributed by atoms with Crippen LogP contribution in [0.15, 0.2) is 97.1 Å². The number of carbonyl (C=O) groups is 2. The lowest BCUT2D eigenvalue weighted by molar-refractivity contribution is -0.129. The summed E-state index contributed by atoms with van der Waals surface area (Å²) in [5.41, 5.74) is 1.28. The van der Waals surface area contributed by atoms with Crippen molar-refractivity contribution in [1.29, 1.82) is 0 Å². The molecule has 0 N–H and O–H groups in total. The minimum Gasteiger partial charge on any atom is -0.423 e. The van der Waals surface area contributed by atoms with Gasteiger partial charge >= 0.3 is 11.9 Å². The molecule has 0 radical (unpaired) electrons. The monoisotopic (exact) mass is 456 g/mol. The van der Waals surface area contributed by atoms with E-state index in [1.807, 2.05) is 0 Å². The molecule has 0 atom stereocenters. The summed E-state index contributed by atoms with van der Waals surface area (Å²) < 4.78 is 37.0. The van der Waals surface area contributed by atoms with Gasteiger partial charge in [0.1, 0.15) is 23.1 Å². The van der Waals surface area contributed by atoms with Crippen molar-refractivity contribution in [2.75, 3.05) is 0 Å². The predicted molar refractivity (Wildman–Crippen MR) is 126 cm³/mol. The lowest BCUT2D eigenvalue weighted by atomic mass is 10.1. The van der Waals surface area contributed by atoms with Gasteiger partial charge in [-0.05, 0) is 65.1 Å². The molecule has 4 aromatic rings. The molecule has 0 bridgehead atoms. The molecule has 0 heterocycles. The Morgan fingerprint density at radius 1 is 0.588 bits per heavy atom. The lowest BCUT2D eigenvalue weighted by Gasteiger charge is -2.10. The van der Waals surface area contributed by atoms with E-state index in [2.05, 4.69) is 0 Å². The van der Waals surface area contributed by atoms with Crippen LogP contribution in [0.3, 0.4) is 0 Å². The average Bonchev–Trinajstić information content (AvgIpc) is 2.83. The molecular weight excluding hydrogens is 438 g/mol. The summed E-state index contributed by atoms with van der Waals surface area (Å²) in [5, 5.41) is 1.16. The highest BCUT2D eigenvalue weighted by Gasteiger charge is 2.13. The zero-order valence-corrected chi connectivity index (χ0v) is 17.8. The van der Waals surface area contributed by atoms with Crippen LogP contribution < -0.4 is 9.47 Å². The molecular formula is C28H18F2O4. The Morgan fingerprint density at radius 2 is 1.00 bits per heavy atom. The van der Waals surface area contributed by atoms with Gasteiger partial charge in [0.25, 0.3) is 0 Å². The maximum absolute atomic E-state index is 13.0. The van der Waals surface area contributed by atoms with Crippen LogP contribution in [0.1, 0.15) is 11.1 Å². The third kappa shape index (κ3) is 5.81. The van der Waals surface area contributed by atoms with Crippen LogP contribution in [0.25, 0.3) is 22.9 Å². The van der Waals surface area contributed by atoms with E-state index in [1.54, 1.807) is 36.4 Å². The van der Waals surface area contributed by atoms with Crippen molar-refractivity contribution in [2.24, 2.45) is 0 Å². The molecule has 0 spiro atoms. The van der Waals surface area contributed by atoms with Crippen molar-refractivity contribution in [2.45, 2.75) is 0 Å². The van der Waals surface area contributed by atoms with Crippen molar-refractivity contribution in [1.82, 2.24) is 0 Å². The van der Waals surface area contributed by atoms with Crippen LogP contribution in [0.5, 0.6) is 11.5 Å². The number of rotatable bonds is 6. The van der Waals surface area contributed by atoms with E-state index in [9.17, 15) is 18.4 Å². The fourth-order valence-electron chi connectivity index (χ4n) is 3.20. The van der Waals surface area contributed by atoms with E-state index in [0.717, 1.165) is 0 Å². The van der Waals surface area contributed by atoms with Crippen molar-refractivity contribution < 1.29 is 27.8 Å². The van der Waals surface area contributed by atoms with E-state index in [0.29, 0.717) is 21.9 Å². The molecule has 0 aliphatic heterocycles. The highest BCUT2D eigenvalue weighted by Crippen LogP contribution is 2.34. The molecule has 0 aromatic heterocycles. The number of ether oxygens (including phenoxy) is 2. The fraction of sp³-hybridized carbons (Fsp3) is 0. The summed E-state index contributed by atoms with van der Waals surface area (Å²) in [7, 11) is 0. The Kier molecular flexibility index (Phi) is 6.89. The third-order valence-electron chi connectivity index (χ3n) is 4.81. The van der Waals surface area contributed by atoms with Gasteiger partial charge in [-0.15, -0.1) is 0 Å². The number of halogens is 2.